The molecule has 4 nitrogen and oxygen atoms in total. The summed E-state index contributed by atoms with van der Waals surface area (Å²) in [5, 5.41) is 21.5. The SMILES string of the molecule is CCC(O)(CC)CNc1nnc(Br)s1. The van der Waals surface area contributed by atoms with E-state index in [9.17, 15) is 5.11 Å². The summed E-state index contributed by atoms with van der Waals surface area (Å²) in [5.74, 6) is 0. The average molecular weight is 280 g/mol. The fourth-order valence-corrected chi connectivity index (χ4v) is 2.02. The van der Waals surface area contributed by atoms with E-state index in [4.69, 9.17) is 0 Å². The van der Waals surface area contributed by atoms with E-state index in [1.165, 1.54) is 11.3 Å². The summed E-state index contributed by atoms with van der Waals surface area (Å²) >= 11 is 4.65. The number of nitrogens with zero attached hydrogens (tertiary/aromatic N) is 2. The van der Waals surface area contributed by atoms with Crippen LogP contribution in [-0.2, 0) is 0 Å². The predicted octanol–water partition coefficient (Wildman–Crippen LogP) is 2.26. The van der Waals surface area contributed by atoms with E-state index in [-0.39, 0.29) is 0 Å². The van der Waals surface area contributed by atoms with Crippen molar-refractivity contribution < 1.29 is 5.11 Å². The van der Waals surface area contributed by atoms with E-state index in [2.05, 4.69) is 31.4 Å². The number of anilines is 1. The van der Waals surface area contributed by atoms with Gasteiger partial charge in [-0.15, -0.1) is 10.2 Å². The number of halogens is 1. The van der Waals surface area contributed by atoms with Crippen LogP contribution in [0.3, 0.4) is 0 Å². The molecule has 6 heteroatoms. The fourth-order valence-electron chi connectivity index (χ4n) is 1.02. The second kappa shape index (κ2) is 5.04. The normalized spacial score (nSPS) is 11.7. The number of hydrogen-bond acceptors (Lipinski definition) is 5. The molecule has 0 aromatic carbocycles. The van der Waals surface area contributed by atoms with Gasteiger partial charge in [-0.3, -0.25) is 0 Å². The van der Waals surface area contributed by atoms with Crippen molar-refractivity contribution in [2.24, 2.45) is 0 Å². The molecule has 80 valence electrons. The fraction of sp³-hybridized carbons (Fsp3) is 0.750. The van der Waals surface area contributed by atoms with Crippen LogP contribution >= 0.6 is 27.3 Å². The molecule has 0 spiro atoms. The molecular weight excluding hydrogens is 266 g/mol. The van der Waals surface area contributed by atoms with Gasteiger partial charge in [0.1, 0.15) is 0 Å². The van der Waals surface area contributed by atoms with Crippen molar-refractivity contribution in [2.75, 3.05) is 11.9 Å². The molecule has 1 heterocycles. The molecule has 0 aliphatic carbocycles. The lowest BCUT2D eigenvalue weighted by Gasteiger charge is -2.24. The van der Waals surface area contributed by atoms with Gasteiger partial charge in [-0.1, -0.05) is 25.2 Å². The van der Waals surface area contributed by atoms with Crippen molar-refractivity contribution in [1.82, 2.24) is 10.2 Å². The Bertz CT molecular complexity index is 288. The van der Waals surface area contributed by atoms with Gasteiger partial charge in [0.15, 0.2) is 3.92 Å². The maximum atomic E-state index is 9.98. The largest absolute Gasteiger partial charge is 0.388 e. The highest BCUT2D eigenvalue weighted by Gasteiger charge is 2.22. The summed E-state index contributed by atoms with van der Waals surface area (Å²) in [6.07, 6.45) is 1.47. The maximum absolute atomic E-state index is 9.98. The van der Waals surface area contributed by atoms with Gasteiger partial charge in [-0.25, -0.2) is 0 Å². The Labute approximate surface area is 95.9 Å². The topological polar surface area (TPSA) is 58.0 Å². The first-order valence-corrected chi connectivity index (χ1v) is 6.16. The Morgan fingerprint density at radius 2 is 2.07 bits per heavy atom. The molecule has 0 aliphatic heterocycles. The van der Waals surface area contributed by atoms with Crippen LogP contribution < -0.4 is 5.32 Å². The van der Waals surface area contributed by atoms with Gasteiger partial charge >= 0.3 is 0 Å². The van der Waals surface area contributed by atoms with Gasteiger partial charge in [-0.05, 0) is 28.8 Å². The molecule has 0 amide bonds. The molecule has 0 radical (unpaired) electrons. The second-order valence-corrected chi connectivity index (χ2v) is 5.40. The number of hydrogen-bond donors (Lipinski definition) is 2. The minimum absolute atomic E-state index is 0.516. The van der Waals surface area contributed by atoms with Crippen LogP contribution in [-0.4, -0.2) is 27.4 Å². The third kappa shape index (κ3) is 3.18. The zero-order valence-corrected chi connectivity index (χ0v) is 10.7. The van der Waals surface area contributed by atoms with E-state index in [0.29, 0.717) is 6.54 Å². The van der Waals surface area contributed by atoms with E-state index >= 15 is 0 Å². The summed E-state index contributed by atoms with van der Waals surface area (Å²) < 4.78 is 0.747. The Hall–Kier alpha value is -0.200. The van der Waals surface area contributed by atoms with Crippen molar-refractivity contribution in [3.05, 3.63) is 3.92 Å². The standard InChI is InChI=1S/C8H14BrN3OS/c1-3-8(13,4-2)5-10-7-12-11-6(9)14-7/h13H,3-5H2,1-2H3,(H,10,12). The van der Waals surface area contributed by atoms with Gasteiger partial charge in [0.05, 0.1) is 5.60 Å². The minimum Gasteiger partial charge on any atom is -0.388 e. The number of nitrogens with one attached hydrogen (secondary N) is 1. The summed E-state index contributed by atoms with van der Waals surface area (Å²) in [5.41, 5.74) is -0.641. The van der Waals surface area contributed by atoms with Gasteiger partial charge < -0.3 is 10.4 Å². The molecule has 1 aromatic rings. The predicted molar refractivity (Wildman–Crippen MR) is 61.6 cm³/mol. The average Bonchev–Trinajstić information content (AvgIpc) is 2.61. The van der Waals surface area contributed by atoms with Gasteiger partial charge in [0.2, 0.25) is 5.13 Å². The van der Waals surface area contributed by atoms with Gasteiger partial charge in [-0.2, -0.15) is 0 Å². The lowest BCUT2D eigenvalue weighted by molar-refractivity contribution is 0.0457. The molecule has 14 heavy (non-hydrogen) atoms. The van der Waals surface area contributed by atoms with Crippen molar-refractivity contribution in [3.8, 4) is 0 Å². The van der Waals surface area contributed by atoms with Crippen LogP contribution in [0.4, 0.5) is 5.13 Å². The third-order valence-corrected chi connectivity index (χ3v) is 3.60. The number of rotatable bonds is 5. The van der Waals surface area contributed by atoms with Crippen LogP contribution in [0.15, 0.2) is 3.92 Å². The van der Waals surface area contributed by atoms with Crippen LogP contribution in [0.1, 0.15) is 26.7 Å². The smallest absolute Gasteiger partial charge is 0.206 e. The first-order chi connectivity index (χ1) is 6.59. The molecule has 1 aromatic heterocycles. The highest BCUT2D eigenvalue weighted by Crippen LogP contribution is 2.22. The summed E-state index contributed by atoms with van der Waals surface area (Å²) in [6, 6.07) is 0. The molecule has 0 bridgehead atoms. The Morgan fingerprint density at radius 1 is 1.43 bits per heavy atom. The van der Waals surface area contributed by atoms with Gasteiger partial charge in [0.25, 0.3) is 0 Å². The Morgan fingerprint density at radius 3 is 2.50 bits per heavy atom. The first kappa shape index (κ1) is 11.9. The highest BCUT2D eigenvalue weighted by atomic mass is 79.9. The molecular formula is C8H14BrN3OS. The van der Waals surface area contributed by atoms with Crippen LogP contribution in [0.2, 0.25) is 0 Å². The molecule has 0 saturated heterocycles. The molecule has 0 fully saturated rings. The highest BCUT2D eigenvalue weighted by molar-refractivity contribution is 9.11. The van der Waals surface area contributed by atoms with E-state index < -0.39 is 5.60 Å². The third-order valence-electron chi connectivity index (χ3n) is 2.29. The number of aliphatic hydroxyl groups is 1. The van der Waals surface area contributed by atoms with E-state index in [1.807, 2.05) is 13.8 Å². The van der Waals surface area contributed by atoms with Crippen LogP contribution in [0, 0.1) is 0 Å². The lowest BCUT2D eigenvalue weighted by atomic mass is 9.98. The van der Waals surface area contributed by atoms with E-state index in [1.54, 1.807) is 0 Å². The minimum atomic E-state index is -0.641. The zero-order chi connectivity index (χ0) is 10.6. The summed E-state index contributed by atoms with van der Waals surface area (Å²) in [6.45, 7) is 4.46. The quantitative estimate of drug-likeness (QED) is 0.868. The first-order valence-electron chi connectivity index (χ1n) is 4.55. The molecule has 0 atom stereocenters. The van der Waals surface area contributed by atoms with Crippen molar-refractivity contribution in [3.63, 3.8) is 0 Å². The Balaban J connectivity index is 2.47. The molecule has 0 unspecified atom stereocenters. The van der Waals surface area contributed by atoms with Gasteiger partial charge in [0, 0.05) is 6.54 Å². The van der Waals surface area contributed by atoms with E-state index in [0.717, 1.165) is 21.9 Å². The molecule has 0 aliphatic rings. The molecule has 0 saturated carbocycles. The van der Waals surface area contributed by atoms with Crippen molar-refractivity contribution in [2.45, 2.75) is 32.3 Å². The number of aromatic nitrogens is 2. The van der Waals surface area contributed by atoms with Crippen LogP contribution in [0.25, 0.3) is 0 Å². The maximum Gasteiger partial charge on any atom is 0.206 e. The monoisotopic (exact) mass is 279 g/mol. The lowest BCUT2D eigenvalue weighted by Crippen LogP contribution is -2.35. The van der Waals surface area contributed by atoms with Crippen molar-refractivity contribution in [1.29, 1.82) is 0 Å². The van der Waals surface area contributed by atoms with Crippen molar-refractivity contribution >= 4 is 32.4 Å². The Kier molecular flexibility index (Phi) is 4.28. The molecule has 2 N–H and O–H groups in total. The summed E-state index contributed by atoms with van der Waals surface area (Å²) in [7, 11) is 0. The van der Waals surface area contributed by atoms with Crippen LogP contribution in [0.5, 0.6) is 0 Å². The summed E-state index contributed by atoms with van der Waals surface area (Å²) in [4.78, 5) is 0. The molecule has 1 rings (SSSR count). The second-order valence-electron chi connectivity index (χ2n) is 3.15. The zero-order valence-electron chi connectivity index (χ0n) is 8.25.